The van der Waals surface area contributed by atoms with Crippen LogP contribution in [0.2, 0.25) is 0 Å². The van der Waals surface area contributed by atoms with Gasteiger partial charge in [0, 0.05) is 35.4 Å². The number of ether oxygens (including phenoxy) is 1. The summed E-state index contributed by atoms with van der Waals surface area (Å²) in [6.45, 7) is 1.91. The van der Waals surface area contributed by atoms with Gasteiger partial charge < -0.3 is 4.74 Å². The van der Waals surface area contributed by atoms with Crippen LogP contribution in [0.3, 0.4) is 0 Å². The molecule has 3 aromatic rings. The zero-order valence-corrected chi connectivity index (χ0v) is 11.9. The lowest BCUT2D eigenvalue weighted by atomic mass is 10.1. The number of benzene rings is 1. The van der Waals surface area contributed by atoms with E-state index in [1.165, 1.54) is 0 Å². The Morgan fingerprint density at radius 3 is 2.45 bits per heavy atom. The summed E-state index contributed by atoms with van der Waals surface area (Å²) in [6.07, 6.45) is 5.71. The van der Waals surface area contributed by atoms with Gasteiger partial charge in [-0.05, 0) is 43.3 Å². The van der Waals surface area contributed by atoms with Gasteiger partial charge in [0.2, 0.25) is 5.88 Å². The number of aryl methyl sites for hydroxylation is 1. The molecule has 0 radical (unpaired) electrons. The SMILES string of the molecule is Cc1ncccc1-c1nccnc1Oc1ccc(C=O)cc1. The highest BCUT2D eigenvalue weighted by Crippen LogP contribution is 2.30. The van der Waals surface area contributed by atoms with Crippen LogP contribution in [0.25, 0.3) is 11.3 Å². The highest BCUT2D eigenvalue weighted by Gasteiger charge is 2.12. The first-order chi connectivity index (χ1) is 10.8. The molecule has 108 valence electrons. The van der Waals surface area contributed by atoms with Crippen molar-refractivity contribution in [3.63, 3.8) is 0 Å². The van der Waals surface area contributed by atoms with Crippen molar-refractivity contribution in [3.05, 3.63) is 66.2 Å². The van der Waals surface area contributed by atoms with Crippen LogP contribution in [-0.4, -0.2) is 21.2 Å². The second-order valence-corrected chi connectivity index (χ2v) is 4.64. The Morgan fingerprint density at radius 2 is 1.73 bits per heavy atom. The summed E-state index contributed by atoms with van der Waals surface area (Å²) < 4.78 is 5.80. The number of carbonyl (C=O) groups is 1. The Labute approximate surface area is 127 Å². The summed E-state index contributed by atoms with van der Waals surface area (Å²) in [7, 11) is 0. The minimum absolute atomic E-state index is 0.400. The molecule has 0 amide bonds. The van der Waals surface area contributed by atoms with Crippen molar-refractivity contribution in [3.8, 4) is 22.9 Å². The smallest absolute Gasteiger partial charge is 0.246 e. The standard InChI is InChI=1S/C17H13N3O2/c1-12-15(3-2-8-18-12)16-17(20-10-9-19-16)22-14-6-4-13(11-21)5-7-14/h2-11H,1H3. The van der Waals surface area contributed by atoms with E-state index in [1.54, 1.807) is 42.9 Å². The maximum atomic E-state index is 10.7. The average Bonchev–Trinajstić information content (AvgIpc) is 2.57. The zero-order chi connectivity index (χ0) is 15.4. The van der Waals surface area contributed by atoms with Gasteiger partial charge in [-0.3, -0.25) is 9.78 Å². The second-order valence-electron chi connectivity index (χ2n) is 4.64. The molecule has 5 heteroatoms. The molecule has 0 saturated carbocycles. The molecule has 0 bridgehead atoms. The summed E-state index contributed by atoms with van der Waals surface area (Å²) in [6, 6.07) is 10.6. The molecule has 1 aromatic carbocycles. The van der Waals surface area contributed by atoms with Gasteiger partial charge in [0.1, 0.15) is 17.7 Å². The predicted molar refractivity (Wildman–Crippen MR) is 81.9 cm³/mol. The van der Waals surface area contributed by atoms with Gasteiger partial charge in [-0.2, -0.15) is 0 Å². The Kier molecular flexibility index (Phi) is 3.87. The fraction of sp³-hybridized carbons (Fsp3) is 0.0588. The first-order valence-corrected chi connectivity index (χ1v) is 6.74. The Bertz CT molecular complexity index is 801. The van der Waals surface area contributed by atoms with E-state index in [1.807, 2.05) is 19.1 Å². The maximum Gasteiger partial charge on any atom is 0.246 e. The predicted octanol–water partition coefficient (Wildman–Crippen LogP) is 3.45. The van der Waals surface area contributed by atoms with E-state index in [0.29, 0.717) is 22.9 Å². The number of hydrogen-bond acceptors (Lipinski definition) is 5. The molecule has 0 aliphatic heterocycles. The molecule has 0 aliphatic carbocycles. The molecule has 0 aliphatic rings. The number of pyridine rings is 1. The molecule has 0 N–H and O–H groups in total. The monoisotopic (exact) mass is 291 g/mol. The van der Waals surface area contributed by atoms with Crippen molar-refractivity contribution in [2.24, 2.45) is 0 Å². The van der Waals surface area contributed by atoms with Crippen LogP contribution < -0.4 is 4.74 Å². The van der Waals surface area contributed by atoms with Crippen molar-refractivity contribution in [2.75, 3.05) is 0 Å². The van der Waals surface area contributed by atoms with E-state index < -0.39 is 0 Å². The molecule has 0 fully saturated rings. The molecule has 0 unspecified atom stereocenters. The van der Waals surface area contributed by atoms with E-state index in [9.17, 15) is 4.79 Å². The summed E-state index contributed by atoms with van der Waals surface area (Å²) in [5.41, 5.74) is 2.95. The Hall–Kier alpha value is -3.08. The number of aldehydes is 1. The molecule has 0 spiro atoms. The van der Waals surface area contributed by atoms with Gasteiger partial charge in [-0.25, -0.2) is 9.97 Å². The van der Waals surface area contributed by atoms with E-state index in [4.69, 9.17) is 4.74 Å². The highest BCUT2D eigenvalue weighted by atomic mass is 16.5. The van der Waals surface area contributed by atoms with E-state index >= 15 is 0 Å². The molecular formula is C17H13N3O2. The second kappa shape index (κ2) is 6.13. The lowest BCUT2D eigenvalue weighted by molar-refractivity contribution is 0.112. The minimum Gasteiger partial charge on any atom is -0.437 e. The van der Waals surface area contributed by atoms with Crippen molar-refractivity contribution in [1.29, 1.82) is 0 Å². The molecule has 0 saturated heterocycles. The molecule has 0 atom stereocenters. The summed E-state index contributed by atoms with van der Waals surface area (Å²) in [5.74, 6) is 0.992. The molecular weight excluding hydrogens is 278 g/mol. The van der Waals surface area contributed by atoms with E-state index in [2.05, 4.69) is 15.0 Å². The normalized spacial score (nSPS) is 10.2. The fourth-order valence-corrected chi connectivity index (χ4v) is 2.05. The molecule has 5 nitrogen and oxygen atoms in total. The van der Waals surface area contributed by atoms with Crippen molar-refractivity contribution < 1.29 is 9.53 Å². The van der Waals surface area contributed by atoms with Crippen LogP contribution in [0.1, 0.15) is 16.1 Å². The van der Waals surface area contributed by atoms with Gasteiger partial charge in [-0.1, -0.05) is 0 Å². The fourth-order valence-electron chi connectivity index (χ4n) is 2.05. The molecule has 3 rings (SSSR count). The third-order valence-corrected chi connectivity index (χ3v) is 3.16. The van der Waals surface area contributed by atoms with E-state index in [0.717, 1.165) is 17.5 Å². The van der Waals surface area contributed by atoms with Gasteiger partial charge in [0.05, 0.1) is 0 Å². The van der Waals surface area contributed by atoms with Crippen LogP contribution in [0.5, 0.6) is 11.6 Å². The largest absolute Gasteiger partial charge is 0.437 e. The topological polar surface area (TPSA) is 65.0 Å². The number of hydrogen-bond donors (Lipinski definition) is 0. The van der Waals surface area contributed by atoms with Crippen molar-refractivity contribution in [2.45, 2.75) is 6.92 Å². The van der Waals surface area contributed by atoms with Crippen molar-refractivity contribution in [1.82, 2.24) is 15.0 Å². The van der Waals surface area contributed by atoms with Crippen LogP contribution in [0.4, 0.5) is 0 Å². The third-order valence-electron chi connectivity index (χ3n) is 3.16. The number of aromatic nitrogens is 3. The van der Waals surface area contributed by atoms with Gasteiger partial charge in [0.15, 0.2) is 0 Å². The lowest BCUT2D eigenvalue weighted by Crippen LogP contribution is -1.96. The number of carbonyl (C=O) groups excluding carboxylic acids is 1. The van der Waals surface area contributed by atoms with Crippen LogP contribution >= 0.6 is 0 Å². The van der Waals surface area contributed by atoms with Crippen molar-refractivity contribution >= 4 is 6.29 Å². The van der Waals surface area contributed by atoms with Gasteiger partial charge in [-0.15, -0.1) is 0 Å². The molecule has 2 heterocycles. The summed E-state index contributed by atoms with van der Waals surface area (Å²) in [4.78, 5) is 23.6. The van der Waals surface area contributed by atoms with Gasteiger partial charge in [0.25, 0.3) is 0 Å². The molecule has 2 aromatic heterocycles. The lowest BCUT2D eigenvalue weighted by Gasteiger charge is -2.10. The Balaban J connectivity index is 1.97. The maximum absolute atomic E-state index is 10.7. The summed E-state index contributed by atoms with van der Waals surface area (Å²) >= 11 is 0. The quantitative estimate of drug-likeness (QED) is 0.689. The van der Waals surface area contributed by atoms with Crippen LogP contribution in [0.15, 0.2) is 55.0 Å². The first kappa shape index (κ1) is 13.9. The van der Waals surface area contributed by atoms with Gasteiger partial charge >= 0.3 is 0 Å². The third kappa shape index (κ3) is 2.83. The Morgan fingerprint density at radius 1 is 0.955 bits per heavy atom. The first-order valence-electron chi connectivity index (χ1n) is 6.74. The minimum atomic E-state index is 0.400. The van der Waals surface area contributed by atoms with E-state index in [-0.39, 0.29) is 0 Å². The summed E-state index contributed by atoms with van der Waals surface area (Å²) in [5, 5.41) is 0. The molecule has 22 heavy (non-hydrogen) atoms. The number of rotatable bonds is 4. The zero-order valence-electron chi connectivity index (χ0n) is 11.9. The van der Waals surface area contributed by atoms with Crippen LogP contribution in [-0.2, 0) is 0 Å². The number of nitrogens with zero attached hydrogens (tertiary/aromatic N) is 3. The average molecular weight is 291 g/mol. The van der Waals surface area contributed by atoms with Crippen LogP contribution in [0, 0.1) is 6.92 Å². The highest BCUT2D eigenvalue weighted by molar-refractivity contribution is 5.75.